The number of hydrogen-bond donors (Lipinski definition) is 2. The number of carbonyl (C=O) groups is 1. The van der Waals surface area contributed by atoms with E-state index in [-0.39, 0.29) is 18.3 Å². The molecule has 0 aromatic rings. The number of rotatable bonds is 5. The summed E-state index contributed by atoms with van der Waals surface area (Å²) in [6.45, 7) is 2.61. The van der Waals surface area contributed by atoms with E-state index in [0.717, 1.165) is 12.2 Å². The number of carbonyl (C=O) groups excluding carboxylic acids is 1. The molecule has 0 spiro atoms. The van der Waals surface area contributed by atoms with Crippen LogP contribution < -0.4 is 10.6 Å². The molecule has 0 aromatic heterocycles. The predicted molar refractivity (Wildman–Crippen MR) is 68.9 cm³/mol. The fraction of sp³-hybridized carbons (Fsp3) is 0.900. The van der Waals surface area contributed by atoms with Crippen molar-refractivity contribution in [3.8, 4) is 0 Å². The second-order valence-electron chi connectivity index (χ2n) is 3.63. The van der Waals surface area contributed by atoms with E-state index in [4.69, 9.17) is 0 Å². The van der Waals surface area contributed by atoms with Gasteiger partial charge >= 0.3 is 0 Å². The van der Waals surface area contributed by atoms with Crippen LogP contribution >= 0.6 is 24.2 Å². The zero-order valence-corrected chi connectivity index (χ0v) is 11.0. The molecular weight excluding hydrogens is 232 g/mol. The molecule has 0 aliphatic heterocycles. The monoisotopic (exact) mass is 252 g/mol. The fourth-order valence-electron chi connectivity index (χ4n) is 1.92. The third-order valence-electron chi connectivity index (χ3n) is 2.52. The minimum atomic E-state index is 0. The summed E-state index contributed by atoms with van der Waals surface area (Å²) in [5.74, 6) is 1.27. The van der Waals surface area contributed by atoms with Crippen LogP contribution in [0.4, 0.5) is 0 Å². The molecule has 2 N–H and O–H groups in total. The lowest BCUT2D eigenvalue weighted by molar-refractivity contribution is -0.120. The van der Waals surface area contributed by atoms with E-state index in [1.165, 1.54) is 12.8 Å². The molecule has 0 bridgehead atoms. The van der Waals surface area contributed by atoms with Gasteiger partial charge in [0.15, 0.2) is 0 Å². The number of hydrogen-bond acceptors (Lipinski definition) is 3. The van der Waals surface area contributed by atoms with Crippen molar-refractivity contribution in [3.63, 3.8) is 0 Å². The normalized spacial score (nSPS) is 24.7. The smallest absolute Gasteiger partial charge is 0.234 e. The number of halogens is 1. The van der Waals surface area contributed by atoms with Crippen molar-refractivity contribution >= 4 is 30.1 Å². The van der Waals surface area contributed by atoms with Gasteiger partial charge in [-0.25, -0.2) is 0 Å². The van der Waals surface area contributed by atoms with Crippen LogP contribution in [-0.2, 0) is 4.79 Å². The highest BCUT2D eigenvalue weighted by Crippen LogP contribution is 2.29. The SMILES string of the molecule is CCSC1CCCC1NC(=O)CNC.Cl. The Morgan fingerprint density at radius 3 is 2.80 bits per heavy atom. The molecule has 2 unspecified atom stereocenters. The summed E-state index contributed by atoms with van der Waals surface area (Å²) in [5.41, 5.74) is 0. The largest absolute Gasteiger partial charge is 0.351 e. The van der Waals surface area contributed by atoms with Crippen LogP contribution in [0.15, 0.2) is 0 Å². The van der Waals surface area contributed by atoms with Crippen LogP contribution in [0.5, 0.6) is 0 Å². The van der Waals surface area contributed by atoms with Gasteiger partial charge in [0.2, 0.25) is 5.91 Å². The number of thioether (sulfide) groups is 1. The predicted octanol–water partition coefficient (Wildman–Crippen LogP) is 1.42. The second-order valence-corrected chi connectivity index (χ2v) is 5.15. The van der Waals surface area contributed by atoms with E-state index >= 15 is 0 Å². The van der Waals surface area contributed by atoms with Crippen LogP contribution in [0.3, 0.4) is 0 Å². The Hall–Kier alpha value is 0.0700. The third-order valence-corrected chi connectivity index (χ3v) is 3.84. The molecule has 0 saturated heterocycles. The van der Waals surface area contributed by atoms with E-state index in [2.05, 4.69) is 17.6 Å². The summed E-state index contributed by atoms with van der Waals surface area (Å²) < 4.78 is 0. The minimum Gasteiger partial charge on any atom is -0.351 e. The first-order valence-electron chi connectivity index (χ1n) is 5.33. The molecule has 15 heavy (non-hydrogen) atoms. The van der Waals surface area contributed by atoms with Crippen LogP contribution in [0.25, 0.3) is 0 Å². The first-order valence-corrected chi connectivity index (χ1v) is 6.38. The van der Waals surface area contributed by atoms with Crippen LogP contribution in [0.1, 0.15) is 26.2 Å². The van der Waals surface area contributed by atoms with Gasteiger partial charge in [0, 0.05) is 11.3 Å². The van der Waals surface area contributed by atoms with E-state index in [0.29, 0.717) is 17.8 Å². The molecule has 1 aliphatic rings. The Morgan fingerprint density at radius 2 is 2.20 bits per heavy atom. The van der Waals surface area contributed by atoms with Gasteiger partial charge in [0.1, 0.15) is 0 Å². The van der Waals surface area contributed by atoms with E-state index in [9.17, 15) is 4.79 Å². The zero-order valence-electron chi connectivity index (χ0n) is 9.41. The van der Waals surface area contributed by atoms with Crippen molar-refractivity contribution in [3.05, 3.63) is 0 Å². The van der Waals surface area contributed by atoms with Crippen molar-refractivity contribution in [2.24, 2.45) is 0 Å². The Kier molecular flexibility index (Phi) is 8.29. The van der Waals surface area contributed by atoms with E-state index in [1.807, 2.05) is 11.8 Å². The van der Waals surface area contributed by atoms with E-state index < -0.39 is 0 Å². The lowest BCUT2D eigenvalue weighted by atomic mass is 10.2. The summed E-state index contributed by atoms with van der Waals surface area (Å²) >= 11 is 1.97. The standard InChI is InChI=1S/C10H20N2OS.ClH/c1-3-14-9-6-4-5-8(9)12-10(13)7-11-2;/h8-9,11H,3-7H2,1-2H3,(H,12,13);1H. The van der Waals surface area contributed by atoms with Crippen LogP contribution in [-0.4, -0.2) is 36.5 Å². The molecule has 0 heterocycles. The molecule has 90 valence electrons. The Morgan fingerprint density at radius 1 is 1.47 bits per heavy atom. The fourth-order valence-corrected chi connectivity index (χ4v) is 3.12. The van der Waals surface area contributed by atoms with Crippen molar-refractivity contribution < 1.29 is 4.79 Å². The molecule has 2 atom stereocenters. The maximum atomic E-state index is 11.4. The van der Waals surface area contributed by atoms with Gasteiger partial charge in [0.25, 0.3) is 0 Å². The Labute approximate surface area is 103 Å². The van der Waals surface area contributed by atoms with E-state index in [1.54, 1.807) is 7.05 Å². The highest BCUT2D eigenvalue weighted by atomic mass is 35.5. The lowest BCUT2D eigenvalue weighted by Gasteiger charge is -2.19. The zero-order chi connectivity index (χ0) is 10.4. The van der Waals surface area contributed by atoms with Crippen LogP contribution in [0.2, 0.25) is 0 Å². The number of nitrogens with one attached hydrogen (secondary N) is 2. The molecule has 0 radical (unpaired) electrons. The summed E-state index contributed by atoms with van der Waals surface area (Å²) in [4.78, 5) is 11.4. The molecule has 5 heteroatoms. The number of amides is 1. The van der Waals surface area contributed by atoms with Gasteiger partial charge in [-0.1, -0.05) is 13.3 Å². The highest BCUT2D eigenvalue weighted by molar-refractivity contribution is 7.99. The van der Waals surface area contributed by atoms with Crippen LogP contribution in [0, 0.1) is 0 Å². The Bertz CT molecular complexity index is 192. The second kappa shape index (κ2) is 8.25. The molecular formula is C10H21ClN2OS. The summed E-state index contributed by atoms with van der Waals surface area (Å²) in [7, 11) is 1.80. The van der Waals surface area contributed by atoms with Crippen molar-refractivity contribution in [2.75, 3.05) is 19.3 Å². The molecule has 0 aromatic carbocycles. The van der Waals surface area contributed by atoms with Gasteiger partial charge < -0.3 is 10.6 Å². The Balaban J connectivity index is 0.00000196. The molecule has 3 nitrogen and oxygen atoms in total. The molecule has 1 saturated carbocycles. The first kappa shape index (κ1) is 15.1. The highest BCUT2D eigenvalue weighted by Gasteiger charge is 2.27. The van der Waals surface area contributed by atoms with Gasteiger partial charge in [-0.05, 0) is 25.6 Å². The molecule has 1 rings (SSSR count). The average molecular weight is 253 g/mol. The minimum absolute atomic E-state index is 0. The molecule has 1 aliphatic carbocycles. The molecule has 1 amide bonds. The maximum Gasteiger partial charge on any atom is 0.234 e. The maximum absolute atomic E-state index is 11.4. The number of likely N-dealkylation sites (N-methyl/N-ethyl adjacent to an activating group) is 1. The molecule has 1 fully saturated rings. The topological polar surface area (TPSA) is 41.1 Å². The van der Waals surface area contributed by atoms with Crippen molar-refractivity contribution in [2.45, 2.75) is 37.5 Å². The van der Waals surface area contributed by atoms with Gasteiger partial charge in [0.05, 0.1) is 6.54 Å². The quantitative estimate of drug-likeness (QED) is 0.778. The lowest BCUT2D eigenvalue weighted by Crippen LogP contribution is -2.42. The average Bonchev–Trinajstić information content (AvgIpc) is 2.54. The van der Waals surface area contributed by atoms with Crippen molar-refractivity contribution in [1.82, 2.24) is 10.6 Å². The summed E-state index contributed by atoms with van der Waals surface area (Å²) in [5, 5.41) is 6.60. The van der Waals surface area contributed by atoms with Gasteiger partial charge in [-0.2, -0.15) is 11.8 Å². The third kappa shape index (κ3) is 5.09. The van der Waals surface area contributed by atoms with Gasteiger partial charge in [-0.15, -0.1) is 12.4 Å². The van der Waals surface area contributed by atoms with Crippen molar-refractivity contribution in [1.29, 1.82) is 0 Å². The summed E-state index contributed by atoms with van der Waals surface area (Å²) in [6, 6.07) is 0.404. The van der Waals surface area contributed by atoms with Gasteiger partial charge in [-0.3, -0.25) is 4.79 Å². The summed E-state index contributed by atoms with van der Waals surface area (Å²) in [6.07, 6.45) is 3.65. The first-order chi connectivity index (χ1) is 6.77.